The third kappa shape index (κ3) is 4.19. The average Bonchev–Trinajstić information content (AvgIpc) is 2.52. The van der Waals surface area contributed by atoms with Gasteiger partial charge in [-0.1, -0.05) is 0 Å². The van der Waals surface area contributed by atoms with E-state index in [0.29, 0.717) is 35.4 Å². The largest absolute Gasteiger partial charge is 0.494 e. The molecule has 0 fully saturated rings. The number of rotatable bonds is 6. The van der Waals surface area contributed by atoms with Gasteiger partial charge >= 0.3 is 0 Å². The number of nitrogens with zero attached hydrogens (tertiary/aromatic N) is 3. The van der Waals surface area contributed by atoms with E-state index in [4.69, 9.17) is 4.74 Å². The molecule has 0 amide bonds. The number of hydrogen-bond acceptors (Lipinski definition) is 6. The van der Waals surface area contributed by atoms with E-state index in [-0.39, 0.29) is 4.90 Å². The molecule has 0 aliphatic carbocycles. The van der Waals surface area contributed by atoms with Crippen LogP contribution in [-0.4, -0.2) is 39.1 Å². The fourth-order valence-corrected chi connectivity index (χ4v) is 3.61. The standard InChI is InChI=1S/C17H24N4O3S/c1-7-24-15-9-8-14(10-11(15)2)25(22,23)20-16-12(3)18-17(21(5)6)19-13(16)4/h8-10,20H,7H2,1-6H3. The van der Waals surface area contributed by atoms with Gasteiger partial charge in [-0.3, -0.25) is 4.72 Å². The molecule has 8 heteroatoms. The van der Waals surface area contributed by atoms with Crippen LogP contribution in [0.4, 0.5) is 11.6 Å². The molecule has 1 aromatic heterocycles. The van der Waals surface area contributed by atoms with Crippen LogP contribution in [0.25, 0.3) is 0 Å². The Bertz CT molecular complexity index is 856. The topological polar surface area (TPSA) is 84.4 Å². The molecule has 0 saturated heterocycles. The highest BCUT2D eigenvalue weighted by atomic mass is 32.2. The van der Waals surface area contributed by atoms with E-state index < -0.39 is 10.0 Å². The van der Waals surface area contributed by atoms with Crippen LogP contribution in [0.3, 0.4) is 0 Å². The molecule has 0 atom stereocenters. The van der Waals surface area contributed by atoms with Crippen LogP contribution < -0.4 is 14.4 Å². The predicted molar refractivity (Wildman–Crippen MR) is 99.0 cm³/mol. The molecule has 2 rings (SSSR count). The van der Waals surface area contributed by atoms with Crippen molar-refractivity contribution in [2.75, 3.05) is 30.3 Å². The second-order valence-corrected chi connectivity index (χ2v) is 7.61. The van der Waals surface area contributed by atoms with Crippen LogP contribution in [0.1, 0.15) is 23.9 Å². The van der Waals surface area contributed by atoms with Gasteiger partial charge in [0.05, 0.1) is 28.6 Å². The molecule has 0 bridgehead atoms. The van der Waals surface area contributed by atoms with Crippen molar-refractivity contribution < 1.29 is 13.2 Å². The Morgan fingerprint density at radius 1 is 1.12 bits per heavy atom. The average molecular weight is 364 g/mol. The fraction of sp³-hybridized carbons (Fsp3) is 0.412. The molecule has 25 heavy (non-hydrogen) atoms. The molecule has 136 valence electrons. The summed E-state index contributed by atoms with van der Waals surface area (Å²) < 4.78 is 33.5. The molecule has 1 N–H and O–H groups in total. The van der Waals surface area contributed by atoms with Gasteiger partial charge in [0, 0.05) is 14.1 Å². The van der Waals surface area contributed by atoms with Gasteiger partial charge in [0.2, 0.25) is 5.95 Å². The monoisotopic (exact) mass is 364 g/mol. The van der Waals surface area contributed by atoms with Gasteiger partial charge in [-0.25, -0.2) is 18.4 Å². The van der Waals surface area contributed by atoms with Crippen molar-refractivity contribution in [3.8, 4) is 5.75 Å². The first-order chi connectivity index (χ1) is 11.7. The Morgan fingerprint density at radius 2 is 1.72 bits per heavy atom. The van der Waals surface area contributed by atoms with Crippen molar-refractivity contribution in [2.24, 2.45) is 0 Å². The van der Waals surface area contributed by atoms with E-state index in [1.807, 2.05) is 27.9 Å². The lowest BCUT2D eigenvalue weighted by atomic mass is 10.2. The minimum absolute atomic E-state index is 0.170. The molecular weight excluding hydrogens is 340 g/mol. The fourth-order valence-electron chi connectivity index (χ4n) is 2.35. The van der Waals surface area contributed by atoms with Crippen LogP contribution in [0.2, 0.25) is 0 Å². The summed E-state index contributed by atoms with van der Waals surface area (Å²) in [6, 6.07) is 4.78. The maximum Gasteiger partial charge on any atom is 0.262 e. The van der Waals surface area contributed by atoms with E-state index in [1.165, 1.54) is 6.07 Å². The molecule has 0 aliphatic rings. The van der Waals surface area contributed by atoms with Crippen LogP contribution >= 0.6 is 0 Å². The van der Waals surface area contributed by atoms with Crippen LogP contribution in [-0.2, 0) is 10.0 Å². The van der Waals surface area contributed by atoms with E-state index in [1.54, 1.807) is 30.9 Å². The van der Waals surface area contributed by atoms with Gasteiger partial charge in [-0.2, -0.15) is 0 Å². The molecule has 0 saturated carbocycles. The van der Waals surface area contributed by atoms with Gasteiger partial charge in [-0.05, 0) is 51.5 Å². The van der Waals surface area contributed by atoms with E-state index in [2.05, 4.69) is 14.7 Å². The molecule has 1 heterocycles. The summed E-state index contributed by atoms with van der Waals surface area (Å²) in [6.07, 6.45) is 0. The second-order valence-electron chi connectivity index (χ2n) is 5.93. The normalized spacial score (nSPS) is 11.3. The summed E-state index contributed by atoms with van der Waals surface area (Å²) >= 11 is 0. The van der Waals surface area contributed by atoms with Crippen molar-refractivity contribution in [3.05, 3.63) is 35.2 Å². The number of sulfonamides is 1. The molecular formula is C17H24N4O3S. The highest BCUT2D eigenvalue weighted by Crippen LogP contribution is 2.26. The summed E-state index contributed by atoms with van der Waals surface area (Å²) in [5.41, 5.74) is 2.30. The van der Waals surface area contributed by atoms with Gasteiger partial charge in [0.1, 0.15) is 5.75 Å². The summed E-state index contributed by atoms with van der Waals surface area (Å²) in [7, 11) is -0.0766. The Kier molecular flexibility index (Phi) is 5.52. The van der Waals surface area contributed by atoms with Gasteiger partial charge in [-0.15, -0.1) is 0 Å². The van der Waals surface area contributed by atoms with E-state index in [9.17, 15) is 8.42 Å². The summed E-state index contributed by atoms with van der Waals surface area (Å²) in [4.78, 5) is 10.6. The number of aromatic nitrogens is 2. The molecule has 0 spiro atoms. The van der Waals surface area contributed by atoms with Crippen molar-refractivity contribution in [2.45, 2.75) is 32.6 Å². The Morgan fingerprint density at radius 3 is 2.20 bits per heavy atom. The predicted octanol–water partition coefficient (Wildman–Crippen LogP) is 2.67. The van der Waals surface area contributed by atoms with E-state index in [0.717, 1.165) is 5.56 Å². The number of benzene rings is 1. The lowest BCUT2D eigenvalue weighted by Gasteiger charge is -2.17. The second kappa shape index (κ2) is 7.26. The minimum Gasteiger partial charge on any atom is -0.494 e. The first kappa shape index (κ1) is 19.0. The highest BCUT2D eigenvalue weighted by Gasteiger charge is 2.19. The number of hydrogen-bond donors (Lipinski definition) is 1. The zero-order chi connectivity index (χ0) is 18.8. The first-order valence-electron chi connectivity index (χ1n) is 7.94. The highest BCUT2D eigenvalue weighted by molar-refractivity contribution is 7.92. The number of anilines is 2. The maximum atomic E-state index is 12.7. The molecule has 0 aliphatic heterocycles. The van der Waals surface area contributed by atoms with Crippen LogP contribution in [0, 0.1) is 20.8 Å². The van der Waals surface area contributed by atoms with Gasteiger partial charge < -0.3 is 9.64 Å². The van der Waals surface area contributed by atoms with Crippen molar-refractivity contribution in [3.63, 3.8) is 0 Å². The quantitative estimate of drug-likeness (QED) is 0.848. The van der Waals surface area contributed by atoms with Gasteiger partial charge in [0.15, 0.2) is 0 Å². The summed E-state index contributed by atoms with van der Waals surface area (Å²) in [6.45, 7) is 7.73. The lowest BCUT2D eigenvalue weighted by molar-refractivity contribution is 0.337. The molecule has 2 aromatic rings. The third-order valence-electron chi connectivity index (χ3n) is 3.65. The van der Waals surface area contributed by atoms with Crippen molar-refractivity contribution in [1.29, 1.82) is 0 Å². The zero-order valence-corrected chi connectivity index (χ0v) is 16.2. The first-order valence-corrected chi connectivity index (χ1v) is 9.43. The van der Waals surface area contributed by atoms with Crippen LogP contribution in [0.15, 0.2) is 23.1 Å². The summed E-state index contributed by atoms with van der Waals surface area (Å²) in [5, 5.41) is 0. The molecule has 0 unspecified atom stereocenters. The molecule has 7 nitrogen and oxygen atoms in total. The smallest absolute Gasteiger partial charge is 0.262 e. The molecule has 1 aromatic carbocycles. The Labute approximate surface area is 149 Å². The summed E-state index contributed by atoms with van der Waals surface area (Å²) in [5.74, 6) is 1.21. The Balaban J connectivity index is 2.38. The van der Waals surface area contributed by atoms with E-state index >= 15 is 0 Å². The number of aryl methyl sites for hydroxylation is 3. The number of nitrogens with one attached hydrogen (secondary N) is 1. The number of ether oxygens (including phenoxy) is 1. The molecule has 0 radical (unpaired) electrons. The van der Waals surface area contributed by atoms with Gasteiger partial charge in [0.25, 0.3) is 10.0 Å². The lowest BCUT2D eigenvalue weighted by Crippen LogP contribution is -2.19. The van der Waals surface area contributed by atoms with Crippen molar-refractivity contribution >= 4 is 21.7 Å². The SMILES string of the molecule is CCOc1ccc(S(=O)(=O)Nc2c(C)nc(N(C)C)nc2C)cc1C. The third-order valence-corrected chi connectivity index (χ3v) is 5.00. The van der Waals surface area contributed by atoms with Crippen LogP contribution in [0.5, 0.6) is 5.75 Å². The maximum absolute atomic E-state index is 12.7. The zero-order valence-electron chi connectivity index (χ0n) is 15.4. The van der Waals surface area contributed by atoms with Crippen molar-refractivity contribution in [1.82, 2.24) is 9.97 Å². The Hall–Kier alpha value is -2.35. The minimum atomic E-state index is -3.74.